The highest BCUT2D eigenvalue weighted by Gasteiger charge is 2.12. The number of benzene rings is 1. The minimum Gasteiger partial charge on any atom is -0.506 e. The van der Waals surface area contributed by atoms with E-state index in [1.54, 1.807) is 12.4 Å². The number of hydrogen-bond acceptors (Lipinski definition) is 4. The van der Waals surface area contributed by atoms with Crippen LogP contribution < -0.4 is 5.43 Å². The molecule has 1 aromatic carbocycles. The molecule has 138 valence electrons. The second-order valence-corrected chi connectivity index (χ2v) is 7.55. The summed E-state index contributed by atoms with van der Waals surface area (Å²) in [6.07, 6.45) is 3.35. The highest BCUT2D eigenvalue weighted by Crippen LogP contribution is 2.33. The van der Waals surface area contributed by atoms with Crippen molar-refractivity contribution in [3.05, 3.63) is 74.1 Å². The lowest BCUT2D eigenvalue weighted by molar-refractivity contribution is 0.0955. The molecule has 0 radical (unpaired) electrons. The third-order valence-electron chi connectivity index (χ3n) is 4.00. The highest BCUT2D eigenvalue weighted by atomic mass is 79.9. The molecule has 8 heteroatoms. The van der Waals surface area contributed by atoms with Gasteiger partial charge in [-0.05, 0) is 76.0 Å². The number of nitrogens with zero attached hydrogens (tertiary/aromatic N) is 3. The lowest BCUT2D eigenvalue weighted by Crippen LogP contribution is -2.17. The van der Waals surface area contributed by atoms with E-state index < -0.39 is 0 Å². The Morgan fingerprint density at radius 1 is 1.22 bits per heavy atom. The Morgan fingerprint density at radius 2 is 1.93 bits per heavy atom. The van der Waals surface area contributed by atoms with E-state index in [2.05, 4.69) is 47.4 Å². The van der Waals surface area contributed by atoms with E-state index in [-0.39, 0.29) is 11.7 Å². The van der Waals surface area contributed by atoms with Crippen molar-refractivity contribution in [2.24, 2.45) is 5.10 Å². The zero-order valence-electron chi connectivity index (χ0n) is 14.6. The molecule has 0 spiro atoms. The molecule has 0 aliphatic carbocycles. The normalized spacial score (nSPS) is 11.1. The Kier molecular flexibility index (Phi) is 5.76. The Balaban J connectivity index is 1.78. The summed E-state index contributed by atoms with van der Waals surface area (Å²) in [4.78, 5) is 16.6. The van der Waals surface area contributed by atoms with Crippen molar-refractivity contribution in [1.82, 2.24) is 15.0 Å². The van der Waals surface area contributed by atoms with Gasteiger partial charge >= 0.3 is 0 Å². The first-order valence-electron chi connectivity index (χ1n) is 8.00. The molecule has 27 heavy (non-hydrogen) atoms. The lowest BCUT2D eigenvalue weighted by Gasteiger charge is -2.07. The lowest BCUT2D eigenvalue weighted by atomic mass is 10.2. The molecule has 0 aliphatic heterocycles. The fourth-order valence-corrected chi connectivity index (χ4v) is 3.86. The third-order valence-corrected chi connectivity index (χ3v) is 5.21. The fourth-order valence-electron chi connectivity index (χ4n) is 2.68. The first kappa shape index (κ1) is 19.3. The number of amides is 1. The molecule has 0 saturated heterocycles. The van der Waals surface area contributed by atoms with Gasteiger partial charge in [0.15, 0.2) is 0 Å². The van der Waals surface area contributed by atoms with Crippen LogP contribution in [0.25, 0.3) is 5.82 Å². The summed E-state index contributed by atoms with van der Waals surface area (Å²) in [6, 6.07) is 10.8. The van der Waals surface area contributed by atoms with Crippen molar-refractivity contribution in [2.45, 2.75) is 13.8 Å². The van der Waals surface area contributed by atoms with Gasteiger partial charge < -0.3 is 9.67 Å². The Labute approximate surface area is 173 Å². The summed E-state index contributed by atoms with van der Waals surface area (Å²) in [5.41, 5.74) is 5.73. The van der Waals surface area contributed by atoms with E-state index in [0.717, 1.165) is 22.8 Å². The van der Waals surface area contributed by atoms with Gasteiger partial charge in [-0.2, -0.15) is 5.10 Å². The maximum atomic E-state index is 12.3. The summed E-state index contributed by atoms with van der Waals surface area (Å²) in [5, 5.41) is 13.8. The molecule has 0 atom stereocenters. The minimum absolute atomic E-state index is 0.0389. The molecule has 6 nitrogen and oxygen atoms in total. The van der Waals surface area contributed by atoms with E-state index >= 15 is 0 Å². The zero-order chi connectivity index (χ0) is 19.6. The molecule has 2 N–H and O–H groups in total. The number of hydrazone groups is 1. The van der Waals surface area contributed by atoms with Gasteiger partial charge in [-0.1, -0.05) is 6.07 Å². The second kappa shape index (κ2) is 8.06. The van der Waals surface area contributed by atoms with Crippen LogP contribution in [0.2, 0.25) is 0 Å². The Bertz CT molecular complexity index is 1010. The van der Waals surface area contributed by atoms with Crippen LogP contribution in [0.1, 0.15) is 27.3 Å². The first-order chi connectivity index (χ1) is 12.9. The monoisotopic (exact) mass is 490 g/mol. The number of phenolic OH excluding ortho intramolecular Hbond substituents is 1. The van der Waals surface area contributed by atoms with Gasteiger partial charge in [-0.25, -0.2) is 10.4 Å². The predicted molar refractivity (Wildman–Crippen MR) is 112 cm³/mol. The van der Waals surface area contributed by atoms with Crippen molar-refractivity contribution in [3.8, 4) is 11.6 Å². The Hall–Kier alpha value is -2.45. The van der Waals surface area contributed by atoms with Crippen molar-refractivity contribution in [1.29, 1.82) is 0 Å². The number of nitrogens with one attached hydrogen (secondary N) is 1. The molecule has 3 rings (SSSR count). The molecule has 1 amide bonds. The largest absolute Gasteiger partial charge is 0.506 e. The average Bonchev–Trinajstić information content (AvgIpc) is 2.93. The summed E-state index contributed by atoms with van der Waals surface area (Å²) in [5.74, 6) is 0.484. The average molecular weight is 492 g/mol. The molecule has 2 heterocycles. The number of hydrogen-bond donors (Lipinski definition) is 2. The summed E-state index contributed by atoms with van der Waals surface area (Å²) >= 11 is 6.41. The van der Waals surface area contributed by atoms with Crippen molar-refractivity contribution in [3.63, 3.8) is 0 Å². The number of carbonyl (C=O) groups is 1. The standard InChI is InChI=1S/C19H16Br2N4O2/c1-11-7-14(12(2)25(11)17-5-3-4-6-22-17)10-23-24-19(27)13-8-15(20)18(26)16(21)9-13/h3-10,26H,1-2H3,(H,24,27)/b23-10-. The topological polar surface area (TPSA) is 79.5 Å². The van der Waals surface area contributed by atoms with Gasteiger partial charge in [0.2, 0.25) is 0 Å². The van der Waals surface area contributed by atoms with Gasteiger partial charge in [0.1, 0.15) is 11.6 Å². The third kappa shape index (κ3) is 4.12. The van der Waals surface area contributed by atoms with Crippen LogP contribution in [-0.4, -0.2) is 26.8 Å². The molecule has 2 aromatic heterocycles. The molecule has 0 bridgehead atoms. The maximum Gasteiger partial charge on any atom is 0.271 e. The van der Waals surface area contributed by atoms with Crippen LogP contribution in [0, 0.1) is 13.8 Å². The number of pyridine rings is 1. The fraction of sp³-hybridized carbons (Fsp3) is 0.105. The molecule has 0 aliphatic rings. The SMILES string of the molecule is Cc1cc(/C=N\NC(=O)c2cc(Br)c(O)c(Br)c2)c(C)n1-c1ccccn1. The second-order valence-electron chi connectivity index (χ2n) is 5.84. The van der Waals surface area contributed by atoms with Crippen LogP contribution in [-0.2, 0) is 0 Å². The first-order valence-corrected chi connectivity index (χ1v) is 9.59. The number of rotatable bonds is 4. The van der Waals surface area contributed by atoms with E-state index in [9.17, 15) is 9.90 Å². The van der Waals surface area contributed by atoms with Gasteiger partial charge in [0.05, 0.1) is 15.2 Å². The van der Waals surface area contributed by atoms with Crippen molar-refractivity contribution < 1.29 is 9.90 Å². The molecule has 0 fully saturated rings. The number of carbonyl (C=O) groups excluding carboxylic acids is 1. The summed E-state index contributed by atoms with van der Waals surface area (Å²) in [7, 11) is 0. The predicted octanol–water partition coefficient (Wildman–Crippen LogP) is 4.48. The van der Waals surface area contributed by atoms with Gasteiger partial charge in [-0.3, -0.25) is 4.79 Å². The highest BCUT2D eigenvalue weighted by molar-refractivity contribution is 9.11. The smallest absolute Gasteiger partial charge is 0.271 e. The van der Waals surface area contributed by atoms with E-state index in [1.165, 1.54) is 12.1 Å². The van der Waals surface area contributed by atoms with Crippen LogP contribution in [0.3, 0.4) is 0 Å². The molecule has 3 aromatic rings. The number of aromatic nitrogens is 2. The quantitative estimate of drug-likeness (QED) is 0.417. The number of aromatic hydroxyl groups is 1. The van der Waals surface area contributed by atoms with E-state index in [1.807, 2.05) is 42.7 Å². The van der Waals surface area contributed by atoms with Crippen molar-refractivity contribution in [2.75, 3.05) is 0 Å². The van der Waals surface area contributed by atoms with Gasteiger partial charge in [0, 0.05) is 28.7 Å². The number of aryl methyl sites for hydroxylation is 1. The van der Waals surface area contributed by atoms with Crippen LogP contribution in [0.15, 0.2) is 56.6 Å². The summed E-state index contributed by atoms with van der Waals surface area (Å²) < 4.78 is 2.87. The van der Waals surface area contributed by atoms with E-state index in [0.29, 0.717) is 14.5 Å². The molecular formula is C19H16Br2N4O2. The molecule has 0 unspecified atom stereocenters. The van der Waals surface area contributed by atoms with Crippen LogP contribution in [0.4, 0.5) is 0 Å². The van der Waals surface area contributed by atoms with Crippen molar-refractivity contribution >= 4 is 44.0 Å². The van der Waals surface area contributed by atoms with Crippen LogP contribution >= 0.6 is 31.9 Å². The van der Waals surface area contributed by atoms with E-state index in [4.69, 9.17) is 0 Å². The number of phenols is 1. The van der Waals surface area contributed by atoms with Crippen LogP contribution in [0.5, 0.6) is 5.75 Å². The number of halogens is 2. The van der Waals surface area contributed by atoms with Gasteiger partial charge in [-0.15, -0.1) is 0 Å². The molecular weight excluding hydrogens is 476 g/mol. The molecule has 0 saturated carbocycles. The Morgan fingerprint density at radius 3 is 2.56 bits per heavy atom. The van der Waals surface area contributed by atoms with Gasteiger partial charge in [0.25, 0.3) is 5.91 Å². The summed E-state index contributed by atoms with van der Waals surface area (Å²) in [6.45, 7) is 3.96. The zero-order valence-corrected chi connectivity index (χ0v) is 17.7. The minimum atomic E-state index is -0.383. The maximum absolute atomic E-state index is 12.3.